The molecule has 1 aliphatic heterocycles. The van der Waals surface area contributed by atoms with Gasteiger partial charge in [0.05, 0.1) is 11.1 Å². The second-order valence-corrected chi connectivity index (χ2v) is 4.78. The first-order chi connectivity index (χ1) is 9.09. The molecule has 0 saturated heterocycles. The second-order valence-electron chi connectivity index (χ2n) is 4.78. The Kier molecular flexibility index (Phi) is 2.51. The molecule has 1 heterocycles. The lowest BCUT2D eigenvalue weighted by Crippen LogP contribution is -2.50. The molecule has 6 nitrogen and oxygen atoms in total. The van der Waals surface area contributed by atoms with Gasteiger partial charge in [0.2, 0.25) is 0 Å². The van der Waals surface area contributed by atoms with E-state index < -0.39 is 17.9 Å². The molecule has 98 valence electrons. The summed E-state index contributed by atoms with van der Waals surface area (Å²) in [7, 11) is 0. The molecule has 0 unspecified atom stereocenters. The zero-order valence-electron chi connectivity index (χ0n) is 10.1. The highest BCUT2D eigenvalue weighted by Gasteiger charge is 2.42. The maximum Gasteiger partial charge on any atom is 0.426 e. The molecule has 1 aromatic rings. The van der Waals surface area contributed by atoms with Crippen LogP contribution in [0.5, 0.6) is 0 Å². The van der Waals surface area contributed by atoms with Gasteiger partial charge in [-0.05, 0) is 30.9 Å². The first kappa shape index (κ1) is 11.7. The summed E-state index contributed by atoms with van der Waals surface area (Å²) < 4.78 is 0. The van der Waals surface area contributed by atoms with Gasteiger partial charge >= 0.3 is 6.09 Å². The number of rotatable bonds is 3. The summed E-state index contributed by atoms with van der Waals surface area (Å²) in [5.41, 5.74) is 0.518. The van der Waals surface area contributed by atoms with Crippen molar-refractivity contribution in [3.8, 4) is 0 Å². The minimum Gasteiger partial charge on any atom is -0.464 e. The van der Waals surface area contributed by atoms with E-state index in [0.29, 0.717) is 0 Å². The van der Waals surface area contributed by atoms with Crippen LogP contribution in [-0.2, 0) is 0 Å². The van der Waals surface area contributed by atoms with Crippen molar-refractivity contribution in [3.63, 3.8) is 0 Å². The third kappa shape index (κ3) is 1.85. The number of hydrogen-bond acceptors (Lipinski definition) is 3. The van der Waals surface area contributed by atoms with Gasteiger partial charge in [-0.25, -0.2) is 9.80 Å². The number of hydrazine groups is 1. The fourth-order valence-corrected chi connectivity index (χ4v) is 2.19. The topological polar surface area (TPSA) is 77.9 Å². The quantitative estimate of drug-likeness (QED) is 0.837. The van der Waals surface area contributed by atoms with Gasteiger partial charge in [-0.2, -0.15) is 5.01 Å². The van der Waals surface area contributed by atoms with E-state index in [0.717, 1.165) is 22.9 Å². The van der Waals surface area contributed by atoms with Gasteiger partial charge in [-0.3, -0.25) is 9.59 Å². The summed E-state index contributed by atoms with van der Waals surface area (Å²) >= 11 is 0. The third-order valence-electron chi connectivity index (χ3n) is 3.36. The van der Waals surface area contributed by atoms with Gasteiger partial charge < -0.3 is 5.11 Å². The number of carbonyl (C=O) groups is 3. The van der Waals surface area contributed by atoms with E-state index in [1.54, 1.807) is 12.1 Å². The largest absolute Gasteiger partial charge is 0.464 e. The Morgan fingerprint density at radius 2 is 1.74 bits per heavy atom. The highest BCUT2D eigenvalue weighted by atomic mass is 16.4. The molecule has 0 radical (unpaired) electrons. The van der Waals surface area contributed by atoms with E-state index in [9.17, 15) is 19.5 Å². The zero-order valence-corrected chi connectivity index (χ0v) is 10.1. The highest BCUT2D eigenvalue weighted by Crippen LogP contribution is 2.32. The maximum absolute atomic E-state index is 12.2. The summed E-state index contributed by atoms with van der Waals surface area (Å²) in [5.74, 6) is -0.882. The minimum absolute atomic E-state index is 0.195. The van der Waals surface area contributed by atoms with Crippen molar-refractivity contribution in [1.29, 1.82) is 0 Å². The molecule has 1 fully saturated rings. The van der Waals surface area contributed by atoms with Crippen LogP contribution in [0.1, 0.15) is 33.6 Å². The number of carboxylic acid groups (broad SMARTS) is 1. The summed E-state index contributed by atoms with van der Waals surface area (Å²) in [4.78, 5) is 35.6. The van der Waals surface area contributed by atoms with Crippen LogP contribution in [0, 0.1) is 5.92 Å². The Labute approximate surface area is 109 Å². The van der Waals surface area contributed by atoms with Crippen LogP contribution in [0.25, 0.3) is 0 Å². The molecule has 0 spiro atoms. The smallest absolute Gasteiger partial charge is 0.426 e. The molecule has 19 heavy (non-hydrogen) atoms. The van der Waals surface area contributed by atoms with Gasteiger partial charge in [-0.1, -0.05) is 12.1 Å². The van der Waals surface area contributed by atoms with Crippen LogP contribution in [0.4, 0.5) is 4.79 Å². The van der Waals surface area contributed by atoms with Gasteiger partial charge in [0.15, 0.2) is 0 Å². The Morgan fingerprint density at radius 1 is 1.21 bits per heavy atom. The van der Waals surface area contributed by atoms with Crippen molar-refractivity contribution in [1.82, 2.24) is 10.0 Å². The van der Waals surface area contributed by atoms with Crippen LogP contribution >= 0.6 is 0 Å². The lowest BCUT2D eigenvalue weighted by molar-refractivity contribution is 0.00485. The average molecular weight is 260 g/mol. The predicted octanol–water partition coefficient (Wildman–Crippen LogP) is 1.59. The molecule has 1 N–H and O–H groups in total. The van der Waals surface area contributed by atoms with Crippen molar-refractivity contribution >= 4 is 17.9 Å². The van der Waals surface area contributed by atoms with Gasteiger partial charge in [-0.15, -0.1) is 0 Å². The average Bonchev–Trinajstić information content (AvgIpc) is 3.17. The number of carbonyl (C=O) groups excluding carboxylic acids is 2. The van der Waals surface area contributed by atoms with E-state index in [2.05, 4.69) is 0 Å². The van der Waals surface area contributed by atoms with Crippen molar-refractivity contribution in [2.45, 2.75) is 12.8 Å². The molecule has 3 rings (SSSR count). The Hall–Kier alpha value is -2.37. The SMILES string of the molecule is O=C(O)N(CC1CC1)N1C(=O)c2ccccc2C1=O. The molecule has 3 amide bonds. The molecule has 1 aromatic carbocycles. The van der Waals surface area contributed by atoms with Gasteiger partial charge in [0.25, 0.3) is 11.8 Å². The molecule has 2 aliphatic rings. The highest BCUT2D eigenvalue weighted by molar-refractivity contribution is 6.21. The van der Waals surface area contributed by atoms with E-state index in [-0.39, 0.29) is 23.6 Å². The van der Waals surface area contributed by atoms with Crippen molar-refractivity contribution < 1.29 is 19.5 Å². The van der Waals surface area contributed by atoms with Crippen LogP contribution in [0.3, 0.4) is 0 Å². The van der Waals surface area contributed by atoms with E-state index in [1.165, 1.54) is 12.1 Å². The fraction of sp³-hybridized carbons (Fsp3) is 0.308. The van der Waals surface area contributed by atoms with E-state index in [1.807, 2.05) is 0 Å². The Balaban J connectivity index is 1.94. The molecular weight excluding hydrogens is 248 g/mol. The lowest BCUT2D eigenvalue weighted by Gasteiger charge is -2.27. The van der Waals surface area contributed by atoms with Crippen molar-refractivity contribution in [3.05, 3.63) is 35.4 Å². The standard InChI is InChI=1S/C13H12N2O4/c16-11-9-3-1-2-4-10(9)12(17)15(11)14(13(18)19)7-8-5-6-8/h1-4,8H,5-7H2,(H,18,19). The van der Waals surface area contributed by atoms with Crippen LogP contribution < -0.4 is 0 Å². The summed E-state index contributed by atoms with van der Waals surface area (Å²) in [5, 5.41) is 10.8. The van der Waals surface area contributed by atoms with Crippen LogP contribution in [0.15, 0.2) is 24.3 Å². The summed E-state index contributed by atoms with van der Waals surface area (Å²) in [6.45, 7) is 0.195. The predicted molar refractivity (Wildman–Crippen MR) is 64.4 cm³/mol. The van der Waals surface area contributed by atoms with Crippen LogP contribution in [-0.4, -0.2) is 39.6 Å². The van der Waals surface area contributed by atoms with E-state index in [4.69, 9.17) is 0 Å². The molecule has 0 atom stereocenters. The molecular formula is C13H12N2O4. The second kappa shape index (κ2) is 4.08. The lowest BCUT2D eigenvalue weighted by atomic mass is 10.1. The minimum atomic E-state index is -1.28. The number of fused-ring (bicyclic) bond motifs is 1. The first-order valence-electron chi connectivity index (χ1n) is 6.08. The van der Waals surface area contributed by atoms with Crippen molar-refractivity contribution in [2.75, 3.05) is 6.54 Å². The number of amides is 3. The summed E-state index contributed by atoms with van der Waals surface area (Å²) in [6.07, 6.45) is 0.598. The summed E-state index contributed by atoms with van der Waals surface area (Å²) in [6, 6.07) is 6.37. The zero-order chi connectivity index (χ0) is 13.6. The number of imide groups is 1. The number of benzene rings is 1. The third-order valence-corrected chi connectivity index (χ3v) is 3.36. The Morgan fingerprint density at radius 3 is 2.16 bits per heavy atom. The number of nitrogens with zero attached hydrogens (tertiary/aromatic N) is 2. The van der Waals surface area contributed by atoms with Crippen LogP contribution in [0.2, 0.25) is 0 Å². The van der Waals surface area contributed by atoms with Crippen molar-refractivity contribution in [2.24, 2.45) is 5.92 Å². The fourth-order valence-electron chi connectivity index (χ4n) is 2.19. The monoisotopic (exact) mass is 260 g/mol. The molecule has 6 heteroatoms. The molecule has 0 bridgehead atoms. The molecule has 1 aliphatic carbocycles. The van der Waals surface area contributed by atoms with Gasteiger partial charge in [0.1, 0.15) is 0 Å². The number of hydrogen-bond donors (Lipinski definition) is 1. The molecule has 1 saturated carbocycles. The maximum atomic E-state index is 12.2. The molecule has 0 aromatic heterocycles. The van der Waals surface area contributed by atoms with E-state index >= 15 is 0 Å². The Bertz CT molecular complexity index is 545. The van der Waals surface area contributed by atoms with Gasteiger partial charge in [0, 0.05) is 6.54 Å². The normalized spacial score (nSPS) is 17.6. The first-order valence-corrected chi connectivity index (χ1v) is 6.08.